The highest BCUT2D eigenvalue weighted by molar-refractivity contribution is 6.32. The number of nitrogens with one attached hydrogen (secondary N) is 2. The van der Waals surface area contributed by atoms with Crippen LogP contribution in [0.2, 0.25) is 15.5 Å². The van der Waals surface area contributed by atoms with Gasteiger partial charge in [0.2, 0.25) is 0 Å². The molecular formula is C35H28Cl3F3N8O. The Morgan fingerprint density at radius 2 is 1.06 bits per heavy atom. The Balaban J connectivity index is 0.000000192. The molecule has 2 atom stereocenters. The topological polar surface area (TPSA) is 118 Å². The number of halogens is 6. The zero-order chi connectivity index (χ0) is 36.0. The zero-order valence-corrected chi connectivity index (χ0v) is 28.7. The summed E-state index contributed by atoms with van der Waals surface area (Å²) in [5, 5.41) is 7.25. The van der Waals surface area contributed by atoms with E-state index >= 15 is 0 Å². The number of hydrogen-bond donors (Lipinski definition) is 2. The van der Waals surface area contributed by atoms with Gasteiger partial charge in [-0.2, -0.15) is 0 Å². The third-order valence-corrected chi connectivity index (χ3v) is 7.26. The van der Waals surface area contributed by atoms with Gasteiger partial charge in [0.15, 0.2) is 6.29 Å². The van der Waals surface area contributed by atoms with Gasteiger partial charge in [0, 0.05) is 17.6 Å². The molecule has 0 spiro atoms. The average Bonchev–Trinajstić information content (AvgIpc) is 3.09. The van der Waals surface area contributed by atoms with Crippen molar-refractivity contribution in [1.29, 1.82) is 0 Å². The van der Waals surface area contributed by atoms with Crippen molar-refractivity contribution in [2.45, 2.75) is 25.9 Å². The van der Waals surface area contributed by atoms with Crippen LogP contribution in [-0.4, -0.2) is 36.2 Å². The Hall–Kier alpha value is -5.17. The van der Waals surface area contributed by atoms with Gasteiger partial charge in [0.1, 0.15) is 44.5 Å². The fourth-order valence-electron chi connectivity index (χ4n) is 4.25. The van der Waals surface area contributed by atoms with Crippen LogP contribution in [0.15, 0.2) is 104 Å². The summed E-state index contributed by atoms with van der Waals surface area (Å²) in [6.07, 6.45) is 9.32. The third-order valence-electron chi connectivity index (χ3n) is 6.72. The number of aldehydes is 1. The lowest BCUT2D eigenvalue weighted by Gasteiger charge is -2.15. The molecule has 0 aliphatic carbocycles. The summed E-state index contributed by atoms with van der Waals surface area (Å²) in [6, 6.07) is 16.8. The summed E-state index contributed by atoms with van der Waals surface area (Å²) < 4.78 is 40.1. The molecule has 256 valence electrons. The smallest absolute Gasteiger partial charge is 0.153 e. The average molecular weight is 740 g/mol. The van der Waals surface area contributed by atoms with Crippen molar-refractivity contribution in [3.63, 3.8) is 0 Å². The van der Waals surface area contributed by atoms with Crippen LogP contribution < -0.4 is 10.6 Å². The second kappa shape index (κ2) is 18.6. The maximum absolute atomic E-state index is 14.3. The minimum absolute atomic E-state index is 0.00312. The quantitative estimate of drug-likeness (QED) is 0.147. The van der Waals surface area contributed by atoms with Crippen LogP contribution in [0.1, 0.15) is 47.4 Å². The molecule has 3 aromatic heterocycles. The van der Waals surface area contributed by atoms with Crippen molar-refractivity contribution < 1.29 is 18.0 Å². The van der Waals surface area contributed by atoms with Gasteiger partial charge >= 0.3 is 0 Å². The molecule has 0 saturated carbocycles. The molecule has 3 aromatic carbocycles. The molecule has 6 rings (SSSR count). The molecule has 0 radical (unpaired) electrons. The van der Waals surface area contributed by atoms with Gasteiger partial charge in [-0.15, -0.1) is 0 Å². The first-order valence-electron chi connectivity index (χ1n) is 14.7. The Morgan fingerprint density at radius 3 is 1.52 bits per heavy atom. The van der Waals surface area contributed by atoms with E-state index in [0.717, 1.165) is 11.1 Å². The molecule has 0 bridgehead atoms. The second-order valence-electron chi connectivity index (χ2n) is 10.3. The zero-order valence-electron chi connectivity index (χ0n) is 26.4. The fourth-order valence-corrected chi connectivity index (χ4v) is 4.73. The lowest BCUT2D eigenvalue weighted by molar-refractivity contribution is 0.112. The second-order valence-corrected chi connectivity index (χ2v) is 11.5. The molecule has 0 aliphatic heterocycles. The van der Waals surface area contributed by atoms with E-state index in [2.05, 4.69) is 40.5 Å². The van der Waals surface area contributed by atoms with Crippen LogP contribution in [0.5, 0.6) is 0 Å². The highest BCUT2D eigenvalue weighted by Gasteiger charge is 2.13. The van der Waals surface area contributed by atoms with Crippen molar-refractivity contribution in [3.8, 4) is 11.3 Å². The summed E-state index contributed by atoms with van der Waals surface area (Å²) in [5.41, 5.74) is 2.33. The molecule has 0 fully saturated rings. The maximum atomic E-state index is 14.3. The first-order valence-corrected chi connectivity index (χ1v) is 15.9. The Bertz CT molecular complexity index is 1990. The predicted octanol–water partition coefficient (Wildman–Crippen LogP) is 9.63. The highest BCUT2D eigenvalue weighted by Crippen LogP contribution is 2.25. The number of nitrogens with zero attached hydrogens (tertiary/aromatic N) is 6. The lowest BCUT2D eigenvalue weighted by Crippen LogP contribution is -2.08. The van der Waals surface area contributed by atoms with Crippen LogP contribution in [0.3, 0.4) is 0 Å². The molecule has 0 aliphatic rings. The van der Waals surface area contributed by atoms with Gasteiger partial charge in [-0.1, -0.05) is 65.1 Å². The minimum Gasteiger partial charge on any atom is -0.362 e. The third kappa shape index (κ3) is 11.5. The van der Waals surface area contributed by atoms with E-state index in [9.17, 15) is 18.0 Å². The summed E-state index contributed by atoms with van der Waals surface area (Å²) in [6.45, 7) is 3.85. The van der Waals surface area contributed by atoms with Gasteiger partial charge in [-0.25, -0.2) is 28.1 Å². The lowest BCUT2D eigenvalue weighted by atomic mass is 10.1. The van der Waals surface area contributed by atoms with Crippen LogP contribution in [-0.2, 0) is 0 Å². The van der Waals surface area contributed by atoms with Gasteiger partial charge in [-0.3, -0.25) is 19.7 Å². The van der Waals surface area contributed by atoms with E-state index in [0.29, 0.717) is 39.1 Å². The monoisotopic (exact) mass is 738 g/mol. The number of aromatic nitrogens is 6. The summed E-state index contributed by atoms with van der Waals surface area (Å²) >= 11 is 16.5. The summed E-state index contributed by atoms with van der Waals surface area (Å²) in [7, 11) is 0. The van der Waals surface area contributed by atoms with E-state index < -0.39 is 5.82 Å². The number of benzene rings is 3. The molecule has 2 N–H and O–H groups in total. The molecule has 0 amide bonds. The summed E-state index contributed by atoms with van der Waals surface area (Å²) in [5.74, 6) is -0.137. The number of carbonyl (C=O) groups excluding carboxylic acids is 1. The first-order chi connectivity index (χ1) is 24.0. The van der Waals surface area contributed by atoms with Crippen LogP contribution in [0.25, 0.3) is 11.3 Å². The fraction of sp³-hybridized carbons (Fsp3) is 0.114. The van der Waals surface area contributed by atoms with Gasteiger partial charge in [0.05, 0.1) is 48.4 Å². The highest BCUT2D eigenvalue weighted by atomic mass is 35.5. The molecule has 2 unspecified atom stereocenters. The molecule has 0 saturated heterocycles. The summed E-state index contributed by atoms with van der Waals surface area (Å²) in [4.78, 5) is 34.6. The van der Waals surface area contributed by atoms with E-state index in [1.165, 1.54) is 61.3 Å². The normalized spacial score (nSPS) is 11.5. The number of hydrogen-bond acceptors (Lipinski definition) is 9. The first kappa shape index (κ1) is 37.6. The van der Waals surface area contributed by atoms with Crippen LogP contribution in [0, 0.1) is 17.5 Å². The molecule has 50 heavy (non-hydrogen) atoms. The van der Waals surface area contributed by atoms with Gasteiger partial charge in [-0.05, 0) is 61.4 Å². The molecule has 15 heteroatoms. The minimum atomic E-state index is -0.629. The standard InChI is InChI=1S/C19H15F2N3O.C12H11ClFN3.C4H2Cl2N2/c1-12(13-5-7-15(20)8-6-13)23-18-10-22-9-17(24-18)16-4-2-3-14(11-25)19(16)21;1-8(9-2-4-10(14)5-3-9)16-12-7-15-6-11(13)17-12;5-3-1-7-2-4(6)8-3/h2-12H,1H3,(H,23,24);2-8H,1H3,(H,16,17);1-2H. The molecule has 3 heterocycles. The molecular weight excluding hydrogens is 712 g/mol. The van der Waals surface area contributed by atoms with Crippen molar-refractivity contribution in [2.75, 3.05) is 10.6 Å². The largest absolute Gasteiger partial charge is 0.362 e. The van der Waals surface area contributed by atoms with Crippen molar-refractivity contribution in [1.82, 2.24) is 29.9 Å². The molecule has 6 aromatic rings. The number of anilines is 2. The van der Waals surface area contributed by atoms with Gasteiger partial charge < -0.3 is 10.6 Å². The number of rotatable bonds is 8. The maximum Gasteiger partial charge on any atom is 0.153 e. The Labute approximate surface area is 301 Å². The van der Waals surface area contributed by atoms with Gasteiger partial charge in [0.25, 0.3) is 0 Å². The van der Waals surface area contributed by atoms with Crippen molar-refractivity contribution >= 4 is 52.7 Å². The van der Waals surface area contributed by atoms with Crippen LogP contribution >= 0.6 is 34.8 Å². The SMILES string of the molecule is CC(Nc1cncc(-c2cccc(C=O)c2F)n1)c1ccc(F)cc1.CC(Nc1cncc(Cl)n1)c1ccc(F)cc1.Clc1cncc(Cl)n1. The Morgan fingerprint density at radius 1 is 0.600 bits per heavy atom. The van der Waals surface area contributed by atoms with E-state index in [-0.39, 0.29) is 34.8 Å². The van der Waals surface area contributed by atoms with Crippen molar-refractivity contribution in [3.05, 3.63) is 154 Å². The van der Waals surface area contributed by atoms with Crippen LogP contribution in [0.4, 0.5) is 24.8 Å². The van der Waals surface area contributed by atoms with E-state index in [1.807, 2.05) is 13.8 Å². The predicted molar refractivity (Wildman–Crippen MR) is 189 cm³/mol. The Kier molecular flexibility index (Phi) is 14.0. The van der Waals surface area contributed by atoms with Crippen molar-refractivity contribution in [2.24, 2.45) is 0 Å². The van der Waals surface area contributed by atoms with E-state index in [1.54, 1.807) is 42.6 Å². The number of carbonyl (C=O) groups is 1. The van der Waals surface area contributed by atoms with E-state index in [4.69, 9.17) is 34.8 Å². The molecule has 9 nitrogen and oxygen atoms in total.